The van der Waals surface area contributed by atoms with E-state index in [9.17, 15) is 24.0 Å². The Morgan fingerprint density at radius 1 is 1.12 bits per heavy atom. The van der Waals surface area contributed by atoms with Crippen LogP contribution in [0.5, 0.6) is 0 Å². The van der Waals surface area contributed by atoms with Gasteiger partial charge in [-0.05, 0) is 36.0 Å². The van der Waals surface area contributed by atoms with E-state index >= 15 is 0 Å². The molecule has 1 aromatic heterocycles. The maximum Gasteiger partial charge on any atom is 0.250 e. The molecule has 0 saturated heterocycles. The molecule has 0 radical (unpaired) electrons. The predicted molar refractivity (Wildman–Crippen MR) is 151 cm³/mol. The zero-order valence-corrected chi connectivity index (χ0v) is 24.3. The summed E-state index contributed by atoms with van der Waals surface area (Å²) in [7, 11) is 4.65. The van der Waals surface area contributed by atoms with Gasteiger partial charge in [-0.3, -0.25) is 34.0 Å². The van der Waals surface area contributed by atoms with Crippen molar-refractivity contribution in [3.8, 4) is 0 Å². The van der Waals surface area contributed by atoms with E-state index in [1.54, 1.807) is 26.4 Å². The van der Waals surface area contributed by atoms with Gasteiger partial charge in [0.1, 0.15) is 24.5 Å². The summed E-state index contributed by atoms with van der Waals surface area (Å²) >= 11 is 0. The van der Waals surface area contributed by atoms with Gasteiger partial charge in [0.25, 0.3) is 0 Å². The van der Waals surface area contributed by atoms with Gasteiger partial charge >= 0.3 is 0 Å². The summed E-state index contributed by atoms with van der Waals surface area (Å²) < 4.78 is 0. The fraction of sp³-hybridized carbons (Fsp3) is 0.517. The van der Waals surface area contributed by atoms with Crippen LogP contribution in [-0.4, -0.2) is 88.8 Å². The molecule has 5 amide bonds. The fourth-order valence-electron chi connectivity index (χ4n) is 5.52. The summed E-state index contributed by atoms with van der Waals surface area (Å²) in [5.74, 6) is -2.17. The lowest BCUT2D eigenvalue weighted by atomic mass is 9.95. The molecule has 1 aromatic carbocycles. The minimum atomic E-state index is -0.887. The molecule has 220 valence electrons. The largest absolute Gasteiger partial charge is 0.349 e. The number of nitrogens with zero attached hydrogens (tertiary/aromatic N) is 4. The van der Waals surface area contributed by atoms with Crippen molar-refractivity contribution >= 4 is 35.2 Å². The Balaban J connectivity index is 1.55. The van der Waals surface area contributed by atoms with Crippen LogP contribution in [0.3, 0.4) is 0 Å². The first-order valence-electron chi connectivity index (χ1n) is 14.0. The highest BCUT2D eigenvalue weighted by Crippen LogP contribution is 2.39. The average Bonchev–Trinajstić information content (AvgIpc) is 3.58. The van der Waals surface area contributed by atoms with Crippen molar-refractivity contribution in [2.45, 2.75) is 70.6 Å². The molecule has 3 heterocycles. The molecule has 2 unspecified atom stereocenters. The van der Waals surface area contributed by atoms with Crippen LogP contribution in [0.15, 0.2) is 30.5 Å². The molecule has 2 aliphatic heterocycles. The van der Waals surface area contributed by atoms with Crippen molar-refractivity contribution in [3.63, 3.8) is 0 Å². The number of rotatable bonds is 10. The standard InChI is InChI=1S/C29H39N7O5/c1-6-17(2)25(35(5)24(38)15-23(37)34(3)4)28(40)32-21-11-10-18-8-7-9-19-14-22(36(26(18)19)29(21)41)27(39)30-16-20-12-13-31-33-20/h7-9,12-13,17,21-22,25H,6,10-11,14-16H2,1-5H3,(H,30,39)(H,31,33)(H,32,40)/t17-,21?,22?,25-/m0/s1. The minimum absolute atomic E-state index is 0.226. The highest BCUT2D eigenvalue weighted by Gasteiger charge is 2.44. The Hall–Kier alpha value is -4.22. The molecular formula is C29H39N7O5. The number of para-hydroxylation sites is 1. The molecule has 2 aromatic rings. The molecule has 0 saturated carbocycles. The quantitative estimate of drug-likeness (QED) is 0.363. The van der Waals surface area contributed by atoms with Crippen LogP contribution in [0.2, 0.25) is 0 Å². The number of hydrogen-bond acceptors (Lipinski definition) is 6. The first-order chi connectivity index (χ1) is 19.5. The number of H-pyrrole nitrogens is 1. The Kier molecular flexibility index (Phi) is 9.09. The van der Waals surface area contributed by atoms with Crippen LogP contribution < -0.4 is 15.5 Å². The van der Waals surface area contributed by atoms with Crippen molar-refractivity contribution in [2.75, 3.05) is 26.0 Å². The van der Waals surface area contributed by atoms with E-state index in [1.165, 1.54) is 21.7 Å². The van der Waals surface area contributed by atoms with Crippen molar-refractivity contribution in [1.82, 2.24) is 30.6 Å². The molecule has 4 atom stereocenters. The number of aryl methyl sites for hydroxylation is 1. The summed E-state index contributed by atoms with van der Waals surface area (Å²) in [6, 6.07) is 5.04. The van der Waals surface area contributed by atoms with Crippen molar-refractivity contribution < 1.29 is 24.0 Å². The number of benzene rings is 1. The third-order valence-electron chi connectivity index (χ3n) is 8.10. The van der Waals surface area contributed by atoms with Gasteiger partial charge in [0.2, 0.25) is 29.5 Å². The van der Waals surface area contributed by atoms with Gasteiger partial charge in [0.15, 0.2) is 0 Å². The van der Waals surface area contributed by atoms with E-state index < -0.39 is 29.9 Å². The van der Waals surface area contributed by atoms with Crippen molar-refractivity contribution in [2.24, 2.45) is 5.92 Å². The molecule has 0 fully saturated rings. The van der Waals surface area contributed by atoms with Gasteiger partial charge in [-0.1, -0.05) is 38.5 Å². The van der Waals surface area contributed by atoms with Gasteiger partial charge in [-0.2, -0.15) is 5.10 Å². The summed E-state index contributed by atoms with van der Waals surface area (Å²) in [6.45, 7) is 4.02. The molecule has 0 spiro atoms. The van der Waals surface area contributed by atoms with Gasteiger partial charge in [0.05, 0.1) is 17.9 Å². The van der Waals surface area contributed by atoms with Crippen molar-refractivity contribution in [3.05, 3.63) is 47.3 Å². The monoisotopic (exact) mass is 565 g/mol. The Bertz CT molecular complexity index is 1310. The molecule has 12 nitrogen and oxygen atoms in total. The third kappa shape index (κ3) is 6.26. The van der Waals surface area contributed by atoms with E-state index in [2.05, 4.69) is 20.8 Å². The number of anilines is 1. The van der Waals surface area contributed by atoms with Gasteiger partial charge in [-0.25, -0.2) is 0 Å². The molecule has 0 bridgehead atoms. The molecule has 2 aliphatic rings. The van der Waals surface area contributed by atoms with Crippen LogP contribution >= 0.6 is 0 Å². The lowest BCUT2D eigenvalue weighted by molar-refractivity contribution is -0.145. The third-order valence-corrected chi connectivity index (χ3v) is 8.10. The van der Waals surface area contributed by atoms with E-state index in [0.29, 0.717) is 25.7 Å². The van der Waals surface area contributed by atoms with E-state index in [0.717, 1.165) is 22.5 Å². The normalized spacial score (nSPS) is 19.0. The van der Waals surface area contributed by atoms with E-state index in [4.69, 9.17) is 0 Å². The van der Waals surface area contributed by atoms with Crippen LogP contribution in [0.25, 0.3) is 0 Å². The number of carbonyl (C=O) groups is 5. The first-order valence-corrected chi connectivity index (χ1v) is 14.0. The van der Waals surface area contributed by atoms with Crippen LogP contribution in [-0.2, 0) is 43.4 Å². The first kappa shape index (κ1) is 29.8. The second-order valence-electron chi connectivity index (χ2n) is 11.1. The lowest BCUT2D eigenvalue weighted by Crippen LogP contribution is -2.58. The van der Waals surface area contributed by atoms with E-state index in [1.807, 2.05) is 32.0 Å². The molecule has 4 rings (SSSR count). The number of aromatic nitrogens is 2. The molecule has 0 aliphatic carbocycles. The van der Waals surface area contributed by atoms with Gasteiger partial charge in [-0.15, -0.1) is 0 Å². The SMILES string of the molecule is CC[C@H](C)[C@@H](C(=O)NC1CCc2cccc3c2N(C1=O)C(C(=O)NCc1ccn[nH]1)C3)N(C)C(=O)CC(=O)N(C)C. The highest BCUT2D eigenvalue weighted by molar-refractivity contribution is 6.08. The molecular weight excluding hydrogens is 526 g/mol. The smallest absolute Gasteiger partial charge is 0.250 e. The molecule has 12 heteroatoms. The summed E-state index contributed by atoms with van der Waals surface area (Å²) in [4.78, 5) is 70.3. The molecule has 3 N–H and O–H groups in total. The molecule has 41 heavy (non-hydrogen) atoms. The zero-order valence-electron chi connectivity index (χ0n) is 24.3. The maximum absolute atomic E-state index is 14.0. The summed E-state index contributed by atoms with van der Waals surface area (Å²) in [6.07, 6.45) is 3.12. The van der Waals surface area contributed by atoms with Gasteiger partial charge in [0, 0.05) is 33.8 Å². The lowest BCUT2D eigenvalue weighted by Gasteiger charge is -2.33. The van der Waals surface area contributed by atoms with Crippen molar-refractivity contribution in [1.29, 1.82) is 0 Å². The van der Waals surface area contributed by atoms with E-state index in [-0.39, 0.29) is 36.6 Å². The fourth-order valence-corrected chi connectivity index (χ4v) is 5.52. The topological polar surface area (TPSA) is 148 Å². The summed E-state index contributed by atoms with van der Waals surface area (Å²) in [5, 5.41) is 12.5. The second-order valence-corrected chi connectivity index (χ2v) is 11.1. The van der Waals surface area contributed by atoms with Crippen LogP contribution in [0.4, 0.5) is 5.69 Å². The highest BCUT2D eigenvalue weighted by atomic mass is 16.2. The maximum atomic E-state index is 14.0. The Morgan fingerprint density at radius 3 is 2.51 bits per heavy atom. The number of carbonyl (C=O) groups excluding carboxylic acids is 5. The average molecular weight is 566 g/mol. The Labute approximate surface area is 239 Å². The number of amides is 5. The Morgan fingerprint density at radius 2 is 1.85 bits per heavy atom. The number of nitrogens with one attached hydrogen (secondary N) is 3. The summed E-state index contributed by atoms with van der Waals surface area (Å²) in [5.41, 5.74) is 3.34. The predicted octanol–water partition coefficient (Wildman–Crippen LogP) is 0.766. The number of aromatic amines is 1. The second kappa shape index (κ2) is 12.5. The minimum Gasteiger partial charge on any atom is -0.349 e. The van der Waals surface area contributed by atoms with Gasteiger partial charge < -0.3 is 20.4 Å². The van der Waals surface area contributed by atoms with Crippen LogP contribution in [0.1, 0.15) is 49.9 Å². The van der Waals surface area contributed by atoms with Crippen LogP contribution in [0, 0.1) is 5.92 Å². The zero-order chi connectivity index (χ0) is 29.8. The number of likely N-dealkylation sites (N-methyl/N-ethyl adjacent to an activating group) is 1. The number of hydrogen-bond donors (Lipinski definition) is 3.